The third kappa shape index (κ3) is 3.67. The number of methoxy groups -OCH3 is 1. The number of para-hydroxylation sites is 1. The highest BCUT2D eigenvalue weighted by atomic mass is 35.5. The Morgan fingerprint density at radius 3 is 2.63 bits per heavy atom. The van der Waals surface area contributed by atoms with Gasteiger partial charge >= 0.3 is 5.97 Å². The molecule has 152 valence electrons. The molecule has 6 nitrogen and oxygen atoms in total. The Kier molecular flexibility index (Phi) is 5.29. The summed E-state index contributed by atoms with van der Waals surface area (Å²) in [5.74, 6) is -2.09. The zero-order valence-corrected chi connectivity index (χ0v) is 16.5. The minimum absolute atomic E-state index is 0.0996. The van der Waals surface area contributed by atoms with Crippen molar-refractivity contribution < 1.29 is 27.9 Å². The maximum atomic E-state index is 13.8. The van der Waals surface area contributed by atoms with Gasteiger partial charge in [0.15, 0.2) is 6.61 Å². The molecule has 0 fully saturated rings. The monoisotopic (exact) mass is 427 g/mol. The largest absolute Gasteiger partial charge is 0.495 e. The number of halogens is 2. The molecule has 30 heavy (non-hydrogen) atoms. The quantitative estimate of drug-likeness (QED) is 0.444. The van der Waals surface area contributed by atoms with Gasteiger partial charge in [-0.2, -0.15) is 0 Å². The molecule has 0 saturated carbocycles. The molecule has 1 N–H and O–H groups in total. The van der Waals surface area contributed by atoms with E-state index in [9.17, 15) is 14.0 Å². The summed E-state index contributed by atoms with van der Waals surface area (Å²) in [6.07, 6.45) is 0. The maximum Gasteiger partial charge on any atom is 0.343 e. The van der Waals surface area contributed by atoms with Crippen LogP contribution in [0.5, 0.6) is 5.75 Å². The lowest BCUT2D eigenvalue weighted by Crippen LogP contribution is -2.21. The molecule has 4 aromatic rings. The Bertz CT molecular complexity index is 1260. The van der Waals surface area contributed by atoms with Crippen molar-refractivity contribution in [2.24, 2.45) is 0 Å². The lowest BCUT2D eigenvalue weighted by Gasteiger charge is -2.11. The number of ether oxygens (including phenoxy) is 2. The first-order valence-electron chi connectivity index (χ1n) is 8.88. The zero-order chi connectivity index (χ0) is 21.3. The summed E-state index contributed by atoms with van der Waals surface area (Å²) < 4.78 is 29.9. The molecule has 0 unspecified atom stereocenters. The van der Waals surface area contributed by atoms with Crippen LogP contribution in [0, 0.1) is 5.82 Å². The van der Waals surface area contributed by atoms with Gasteiger partial charge in [0.1, 0.15) is 28.3 Å². The van der Waals surface area contributed by atoms with E-state index in [-0.39, 0.29) is 5.02 Å². The Labute approximate surface area is 175 Å². The minimum atomic E-state index is -1.03. The van der Waals surface area contributed by atoms with Gasteiger partial charge in [0.05, 0.1) is 17.8 Å². The van der Waals surface area contributed by atoms with Gasteiger partial charge in [-0.15, -0.1) is 0 Å². The zero-order valence-electron chi connectivity index (χ0n) is 15.7. The number of nitrogens with one attached hydrogen (secondary N) is 1. The maximum absolute atomic E-state index is 13.8. The summed E-state index contributed by atoms with van der Waals surface area (Å²) in [5, 5.41) is 4.26. The van der Waals surface area contributed by atoms with Crippen molar-refractivity contribution in [1.29, 1.82) is 0 Å². The van der Waals surface area contributed by atoms with Crippen LogP contribution in [-0.4, -0.2) is 25.6 Å². The number of fused-ring (bicyclic) bond motifs is 3. The van der Waals surface area contributed by atoms with Crippen LogP contribution in [0.25, 0.3) is 21.9 Å². The van der Waals surface area contributed by atoms with Gasteiger partial charge in [0, 0.05) is 16.8 Å². The van der Waals surface area contributed by atoms with E-state index in [0.29, 0.717) is 22.6 Å². The average molecular weight is 428 g/mol. The van der Waals surface area contributed by atoms with Crippen LogP contribution >= 0.6 is 11.6 Å². The second-order valence-electron chi connectivity index (χ2n) is 6.37. The number of rotatable bonds is 5. The molecule has 0 spiro atoms. The molecule has 1 heterocycles. The summed E-state index contributed by atoms with van der Waals surface area (Å²) in [5.41, 5.74) is 1.18. The Hall–Kier alpha value is -3.58. The van der Waals surface area contributed by atoms with E-state index >= 15 is 0 Å². The molecule has 4 rings (SSSR count). The topological polar surface area (TPSA) is 77.8 Å². The van der Waals surface area contributed by atoms with E-state index in [2.05, 4.69) is 5.32 Å². The number of carbonyl (C=O) groups is 2. The summed E-state index contributed by atoms with van der Waals surface area (Å²) in [4.78, 5) is 24.4. The molecule has 1 aromatic heterocycles. The van der Waals surface area contributed by atoms with Gasteiger partial charge in [0.25, 0.3) is 5.91 Å². The standard InChI is InChI=1S/C22H15ClFNO5/c1-28-19-9-13-12-5-2-3-8-17(12)30-18(13)10-16(19)25-20(26)11-29-22(27)21-14(23)6-4-7-15(21)24/h2-10H,11H2,1H3,(H,25,26). The average Bonchev–Trinajstić information content (AvgIpc) is 3.09. The molecule has 0 bridgehead atoms. The number of amides is 1. The number of anilines is 1. The van der Waals surface area contributed by atoms with Crippen LogP contribution in [0.1, 0.15) is 10.4 Å². The fraction of sp³-hybridized carbons (Fsp3) is 0.0909. The molecule has 0 saturated heterocycles. The molecule has 0 radical (unpaired) electrons. The van der Waals surface area contributed by atoms with E-state index in [0.717, 1.165) is 16.8 Å². The van der Waals surface area contributed by atoms with E-state index in [1.165, 1.54) is 19.2 Å². The number of carbonyl (C=O) groups excluding carboxylic acids is 2. The number of furan rings is 1. The molecular formula is C22H15ClFNO5. The van der Waals surface area contributed by atoms with Crippen LogP contribution in [0.4, 0.5) is 10.1 Å². The molecule has 1 amide bonds. The Morgan fingerprint density at radius 2 is 1.87 bits per heavy atom. The summed E-state index contributed by atoms with van der Waals surface area (Å²) in [6.45, 7) is -0.634. The van der Waals surface area contributed by atoms with Gasteiger partial charge in [-0.1, -0.05) is 35.9 Å². The summed E-state index contributed by atoms with van der Waals surface area (Å²) >= 11 is 5.83. The fourth-order valence-electron chi connectivity index (χ4n) is 3.10. The van der Waals surface area contributed by atoms with E-state index < -0.39 is 29.9 Å². The first-order valence-corrected chi connectivity index (χ1v) is 9.26. The smallest absolute Gasteiger partial charge is 0.343 e. The fourth-order valence-corrected chi connectivity index (χ4v) is 3.34. The minimum Gasteiger partial charge on any atom is -0.495 e. The van der Waals surface area contributed by atoms with Crippen molar-refractivity contribution in [3.63, 3.8) is 0 Å². The SMILES string of the molecule is COc1cc2c(cc1NC(=O)COC(=O)c1c(F)cccc1Cl)oc1ccccc12. The Morgan fingerprint density at radius 1 is 1.07 bits per heavy atom. The van der Waals surface area contributed by atoms with Crippen LogP contribution < -0.4 is 10.1 Å². The second-order valence-corrected chi connectivity index (χ2v) is 6.78. The van der Waals surface area contributed by atoms with Crippen LogP contribution in [-0.2, 0) is 9.53 Å². The van der Waals surface area contributed by atoms with Crippen molar-refractivity contribution in [2.75, 3.05) is 19.0 Å². The van der Waals surface area contributed by atoms with Crippen molar-refractivity contribution in [2.45, 2.75) is 0 Å². The van der Waals surface area contributed by atoms with E-state index in [1.807, 2.05) is 24.3 Å². The van der Waals surface area contributed by atoms with Crippen molar-refractivity contribution in [3.8, 4) is 5.75 Å². The highest BCUT2D eigenvalue weighted by Crippen LogP contribution is 2.36. The number of benzene rings is 3. The number of hydrogen-bond acceptors (Lipinski definition) is 5. The molecule has 0 atom stereocenters. The van der Waals surface area contributed by atoms with Crippen LogP contribution in [0.3, 0.4) is 0 Å². The van der Waals surface area contributed by atoms with Crippen molar-refractivity contribution in [1.82, 2.24) is 0 Å². The molecule has 3 aromatic carbocycles. The first kappa shape index (κ1) is 19.7. The highest BCUT2D eigenvalue weighted by molar-refractivity contribution is 6.33. The lowest BCUT2D eigenvalue weighted by molar-refractivity contribution is -0.119. The van der Waals surface area contributed by atoms with Gasteiger partial charge in [-0.25, -0.2) is 9.18 Å². The third-order valence-electron chi connectivity index (χ3n) is 4.47. The number of hydrogen-bond donors (Lipinski definition) is 1. The molecule has 0 aliphatic carbocycles. The molecule has 0 aliphatic rings. The molecular weight excluding hydrogens is 413 g/mol. The van der Waals surface area contributed by atoms with Gasteiger partial charge in [-0.05, 0) is 24.3 Å². The predicted octanol–water partition coefficient (Wildman–Crippen LogP) is 5.18. The van der Waals surface area contributed by atoms with Gasteiger partial charge in [0.2, 0.25) is 0 Å². The first-order chi connectivity index (χ1) is 14.5. The van der Waals surface area contributed by atoms with Crippen LogP contribution in [0.15, 0.2) is 59.0 Å². The van der Waals surface area contributed by atoms with Crippen molar-refractivity contribution >= 4 is 51.1 Å². The Balaban J connectivity index is 1.52. The predicted molar refractivity (Wildman–Crippen MR) is 111 cm³/mol. The van der Waals surface area contributed by atoms with E-state index in [4.69, 9.17) is 25.5 Å². The van der Waals surface area contributed by atoms with E-state index in [1.54, 1.807) is 12.1 Å². The summed E-state index contributed by atoms with van der Waals surface area (Å²) in [6, 6.07) is 14.7. The third-order valence-corrected chi connectivity index (χ3v) is 4.79. The van der Waals surface area contributed by atoms with Crippen LogP contribution in [0.2, 0.25) is 5.02 Å². The van der Waals surface area contributed by atoms with Crippen molar-refractivity contribution in [3.05, 3.63) is 71.0 Å². The summed E-state index contributed by atoms with van der Waals surface area (Å²) in [7, 11) is 1.47. The molecule has 8 heteroatoms. The number of esters is 1. The highest BCUT2D eigenvalue weighted by Gasteiger charge is 2.19. The van der Waals surface area contributed by atoms with Gasteiger partial charge < -0.3 is 19.2 Å². The lowest BCUT2D eigenvalue weighted by atomic mass is 10.1. The second kappa shape index (κ2) is 8.04. The normalized spacial score (nSPS) is 10.9. The van der Waals surface area contributed by atoms with Gasteiger partial charge in [-0.3, -0.25) is 4.79 Å². The molecule has 0 aliphatic heterocycles.